The minimum absolute atomic E-state index is 0.00769. The first kappa shape index (κ1) is 16.2. The summed E-state index contributed by atoms with van der Waals surface area (Å²) in [6, 6.07) is 7.27. The first-order chi connectivity index (χ1) is 11.1. The molecule has 1 aliphatic heterocycles. The summed E-state index contributed by atoms with van der Waals surface area (Å²) in [5.74, 6) is -0.00769. The molecule has 0 aliphatic carbocycles. The number of aromatic nitrogens is 2. The molecule has 1 unspecified atom stereocenters. The van der Waals surface area contributed by atoms with Crippen LogP contribution in [-0.4, -0.2) is 40.0 Å². The first-order valence-electron chi connectivity index (χ1n) is 7.31. The van der Waals surface area contributed by atoms with E-state index in [9.17, 15) is 4.79 Å². The van der Waals surface area contributed by atoms with Gasteiger partial charge in [-0.2, -0.15) is 0 Å². The van der Waals surface area contributed by atoms with Crippen LogP contribution in [0.3, 0.4) is 0 Å². The molecule has 5 nitrogen and oxygen atoms in total. The molecule has 2 heterocycles. The van der Waals surface area contributed by atoms with Crippen molar-refractivity contribution in [1.29, 1.82) is 0 Å². The molecular weight excluding hydrogens is 382 g/mol. The van der Waals surface area contributed by atoms with Crippen molar-refractivity contribution in [2.45, 2.75) is 18.9 Å². The van der Waals surface area contributed by atoms with Gasteiger partial charge in [0, 0.05) is 29.5 Å². The van der Waals surface area contributed by atoms with Gasteiger partial charge in [-0.05, 0) is 53.0 Å². The van der Waals surface area contributed by atoms with Crippen molar-refractivity contribution in [2.24, 2.45) is 0 Å². The Morgan fingerprint density at radius 3 is 2.65 bits per heavy atom. The van der Waals surface area contributed by atoms with Crippen molar-refractivity contribution in [3.05, 3.63) is 51.7 Å². The van der Waals surface area contributed by atoms with Crippen LogP contribution in [0.15, 0.2) is 41.1 Å². The Hall–Kier alpha value is -1.66. The number of piperidine rings is 1. The van der Waals surface area contributed by atoms with Crippen LogP contribution in [0.25, 0.3) is 0 Å². The number of benzene rings is 1. The molecule has 0 bridgehead atoms. The van der Waals surface area contributed by atoms with Crippen LogP contribution in [0.4, 0.5) is 0 Å². The molecule has 2 aromatic rings. The number of hydrogen-bond donors (Lipinski definition) is 0. The summed E-state index contributed by atoms with van der Waals surface area (Å²) < 4.78 is 6.59. The maximum absolute atomic E-state index is 12.5. The lowest BCUT2D eigenvalue weighted by Gasteiger charge is -2.32. The van der Waals surface area contributed by atoms with Crippen molar-refractivity contribution in [3.63, 3.8) is 0 Å². The Morgan fingerprint density at radius 1 is 1.26 bits per heavy atom. The Morgan fingerprint density at radius 2 is 1.96 bits per heavy atom. The van der Waals surface area contributed by atoms with Gasteiger partial charge < -0.3 is 9.64 Å². The number of carbonyl (C=O) groups is 1. The van der Waals surface area contributed by atoms with Crippen molar-refractivity contribution in [3.8, 4) is 6.01 Å². The third kappa shape index (κ3) is 4.20. The second-order valence-electron chi connectivity index (χ2n) is 5.32. The van der Waals surface area contributed by atoms with E-state index in [1.165, 1.54) is 0 Å². The summed E-state index contributed by atoms with van der Waals surface area (Å²) in [4.78, 5) is 22.6. The molecule has 0 saturated carbocycles. The van der Waals surface area contributed by atoms with Crippen LogP contribution in [0.5, 0.6) is 6.01 Å². The summed E-state index contributed by atoms with van der Waals surface area (Å²) in [5.41, 5.74) is 0.634. The van der Waals surface area contributed by atoms with Gasteiger partial charge in [-0.25, -0.2) is 9.97 Å². The lowest BCUT2D eigenvalue weighted by Crippen LogP contribution is -2.44. The van der Waals surface area contributed by atoms with E-state index in [2.05, 4.69) is 25.9 Å². The van der Waals surface area contributed by atoms with Crippen LogP contribution >= 0.6 is 27.5 Å². The average Bonchev–Trinajstić information content (AvgIpc) is 2.57. The number of rotatable bonds is 3. The molecule has 1 aromatic carbocycles. The molecule has 0 spiro atoms. The SMILES string of the molecule is O=C(c1ccc(Cl)cc1)N1CCCC(Oc2ncc(Br)cn2)C1. The third-order valence-electron chi connectivity index (χ3n) is 3.63. The lowest BCUT2D eigenvalue weighted by atomic mass is 10.1. The van der Waals surface area contributed by atoms with Crippen molar-refractivity contribution < 1.29 is 9.53 Å². The van der Waals surface area contributed by atoms with Crippen molar-refractivity contribution in [2.75, 3.05) is 13.1 Å². The zero-order valence-electron chi connectivity index (χ0n) is 12.3. The van der Waals surface area contributed by atoms with E-state index in [-0.39, 0.29) is 12.0 Å². The third-order valence-corrected chi connectivity index (χ3v) is 4.29. The molecule has 1 amide bonds. The van der Waals surface area contributed by atoms with Crippen LogP contribution < -0.4 is 4.74 Å². The normalized spacial score (nSPS) is 17.8. The van der Waals surface area contributed by atoms with Crippen molar-refractivity contribution in [1.82, 2.24) is 14.9 Å². The molecule has 23 heavy (non-hydrogen) atoms. The highest BCUT2D eigenvalue weighted by atomic mass is 79.9. The predicted octanol–water partition coefficient (Wildman–Crippen LogP) is 3.58. The minimum Gasteiger partial charge on any atom is -0.458 e. The molecule has 7 heteroatoms. The number of carbonyl (C=O) groups excluding carboxylic acids is 1. The lowest BCUT2D eigenvalue weighted by molar-refractivity contribution is 0.0515. The standard InChI is InChI=1S/C16H15BrClN3O2/c17-12-8-19-16(20-9-12)23-14-2-1-7-21(10-14)15(22)11-3-5-13(18)6-4-11/h3-6,8-9,14H,1-2,7,10H2. The monoisotopic (exact) mass is 395 g/mol. The number of halogens is 2. The summed E-state index contributed by atoms with van der Waals surface area (Å²) >= 11 is 9.15. The van der Waals surface area contributed by atoms with Crippen molar-refractivity contribution >= 4 is 33.4 Å². The number of hydrogen-bond acceptors (Lipinski definition) is 4. The Labute approximate surface area is 147 Å². The van der Waals surface area contributed by atoms with Gasteiger partial charge in [0.2, 0.25) is 0 Å². The molecule has 1 fully saturated rings. The fraction of sp³-hybridized carbons (Fsp3) is 0.312. The molecule has 0 N–H and O–H groups in total. The van der Waals surface area contributed by atoms with Crippen LogP contribution in [-0.2, 0) is 0 Å². The van der Waals surface area contributed by atoms with Gasteiger partial charge in [-0.3, -0.25) is 4.79 Å². The topological polar surface area (TPSA) is 55.3 Å². The van der Waals surface area contributed by atoms with Gasteiger partial charge in [0.1, 0.15) is 6.10 Å². The number of amides is 1. The van der Waals surface area contributed by atoms with E-state index in [4.69, 9.17) is 16.3 Å². The largest absolute Gasteiger partial charge is 0.458 e. The minimum atomic E-state index is -0.0961. The fourth-order valence-corrected chi connectivity index (χ4v) is 2.83. The summed E-state index contributed by atoms with van der Waals surface area (Å²) in [7, 11) is 0. The van der Waals surface area contributed by atoms with Gasteiger partial charge in [0.05, 0.1) is 11.0 Å². The molecule has 3 rings (SSSR count). The average molecular weight is 397 g/mol. The highest BCUT2D eigenvalue weighted by molar-refractivity contribution is 9.10. The number of likely N-dealkylation sites (tertiary alicyclic amines) is 1. The van der Waals surface area contributed by atoms with E-state index in [0.29, 0.717) is 23.1 Å². The molecule has 1 aliphatic rings. The summed E-state index contributed by atoms with van der Waals surface area (Å²) in [5, 5.41) is 0.619. The number of nitrogens with zero attached hydrogens (tertiary/aromatic N) is 3. The second kappa shape index (κ2) is 7.27. The Kier molecular flexibility index (Phi) is 5.13. The van der Waals surface area contributed by atoms with Gasteiger partial charge in [-0.15, -0.1) is 0 Å². The van der Waals surface area contributed by atoms with Gasteiger partial charge in [0.25, 0.3) is 5.91 Å². The van der Waals surface area contributed by atoms with Gasteiger partial charge >= 0.3 is 6.01 Å². The smallest absolute Gasteiger partial charge is 0.316 e. The quantitative estimate of drug-likeness (QED) is 0.796. The van der Waals surface area contributed by atoms with Gasteiger partial charge in [-0.1, -0.05) is 11.6 Å². The zero-order valence-corrected chi connectivity index (χ0v) is 14.6. The van der Waals surface area contributed by atoms with E-state index in [1.54, 1.807) is 41.6 Å². The Balaban J connectivity index is 1.64. The van der Waals surface area contributed by atoms with E-state index >= 15 is 0 Å². The fourth-order valence-electron chi connectivity index (χ4n) is 2.50. The van der Waals surface area contributed by atoms with Crippen LogP contribution in [0.2, 0.25) is 5.02 Å². The van der Waals surface area contributed by atoms with E-state index in [1.807, 2.05) is 0 Å². The molecule has 1 atom stereocenters. The van der Waals surface area contributed by atoms with Crippen LogP contribution in [0, 0.1) is 0 Å². The highest BCUT2D eigenvalue weighted by Gasteiger charge is 2.26. The zero-order chi connectivity index (χ0) is 16.2. The molecule has 0 radical (unpaired) electrons. The maximum Gasteiger partial charge on any atom is 0.316 e. The highest BCUT2D eigenvalue weighted by Crippen LogP contribution is 2.19. The van der Waals surface area contributed by atoms with E-state index in [0.717, 1.165) is 23.9 Å². The second-order valence-corrected chi connectivity index (χ2v) is 6.68. The van der Waals surface area contributed by atoms with E-state index < -0.39 is 0 Å². The molecule has 1 aromatic heterocycles. The molecular formula is C16H15BrClN3O2. The first-order valence-corrected chi connectivity index (χ1v) is 8.48. The molecule has 120 valence electrons. The summed E-state index contributed by atoms with van der Waals surface area (Å²) in [6.45, 7) is 1.25. The summed E-state index contributed by atoms with van der Waals surface area (Å²) in [6.07, 6.45) is 4.95. The predicted molar refractivity (Wildman–Crippen MR) is 90.7 cm³/mol. The van der Waals surface area contributed by atoms with Gasteiger partial charge in [0.15, 0.2) is 0 Å². The van der Waals surface area contributed by atoms with Crippen LogP contribution in [0.1, 0.15) is 23.2 Å². The number of ether oxygens (including phenoxy) is 1. The Bertz CT molecular complexity index is 679. The maximum atomic E-state index is 12.5. The molecule has 1 saturated heterocycles.